The van der Waals surface area contributed by atoms with E-state index in [1.807, 2.05) is 0 Å². The van der Waals surface area contributed by atoms with Gasteiger partial charge in [-0.2, -0.15) is 0 Å². The standard InChI is InChI=1S/C21H25NOS/c1-15-7-11-20(12-8-15)24-14-21(23)22-16(2)18-10-9-17-5-3-4-6-19(17)13-18/h7-13,16H,3-6,14H2,1-2H3,(H,22,23)/t16-/m1/s1. The first-order valence-corrected chi connectivity index (χ1v) is 9.71. The summed E-state index contributed by atoms with van der Waals surface area (Å²) in [5.41, 5.74) is 5.40. The number of hydrogen-bond acceptors (Lipinski definition) is 2. The Balaban J connectivity index is 1.55. The van der Waals surface area contributed by atoms with Crippen LogP contribution in [-0.2, 0) is 17.6 Å². The molecule has 0 fully saturated rings. The number of fused-ring (bicyclic) bond motifs is 1. The van der Waals surface area contributed by atoms with Gasteiger partial charge in [0, 0.05) is 4.90 Å². The Morgan fingerprint density at radius 1 is 1.08 bits per heavy atom. The molecule has 24 heavy (non-hydrogen) atoms. The Kier molecular flexibility index (Phi) is 5.62. The molecule has 1 aliphatic rings. The van der Waals surface area contributed by atoms with Crippen molar-refractivity contribution in [3.63, 3.8) is 0 Å². The Labute approximate surface area is 149 Å². The van der Waals surface area contributed by atoms with Crippen LogP contribution in [0.1, 0.15) is 48.1 Å². The molecule has 0 saturated heterocycles. The summed E-state index contributed by atoms with van der Waals surface area (Å²) in [5.74, 6) is 0.545. The largest absolute Gasteiger partial charge is 0.349 e. The molecule has 0 saturated carbocycles. The molecule has 126 valence electrons. The third-order valence-corrected chi connectivity index (χ3v) is 5.65. The summed E-state index contributed by atoms with van der Waals surface area (Å²) in [6.07, 6.45) is 4.95. The SMILES string of the molecule is Cc1ccc(SCC(=O)N[C@H](C)c2ccc3c(c2)CCCC3)cc1. The third-order valence-electron chi connectivity index (χ3n) is 4.64. The second kappa shape index (κ2) is 7.89. The first-order chi connectivity index (χ1) is 11.6. The molecule has 1 atom stereocenters. The first kappa shape index (κ1) is 17.1. The highest BCUT2D eigenvalue weighted by Gasteiger charge is 2.14. The quantitative estimate of drug-likeness (QED) is 0.790. The summed E-state index contributed by atoms with van der Waals surface area (Å²) in [7, 11) is 0. The Hall–Kier alpha value is -1.74. The molecule has 0 aromatic heterocycles. The Morgan fingerprint density at radius 3 is 2.54 bits per heavy atom. The normalized spacial score (nSPS) is 14.8. The molecule has 3 rings (SSSR count). The molecule has 0 aliphatic heterocycles. The van der Waals surface area contributed by atoms with Crippen molar-refractivity contribution in [3.8, 4) is 0 Å². The van der Waals surface area contributed by atoms with E-state index in [9.17, 15) is 4.79 Å². The van der Waals surface area contributed by atoms with Crippen LogP contribution in [0.5, 0.6) is 0 Å². The minimum absolute atomic E-state index is 0.0587. The molecule has 0 spiro atoms. The third kappa shape index (κ3) is 4.41. The summed E-state index contributed by atoms with van der Waals surface area (Å²) in [4.78, 5) is 13.4. The summed E-state index contributed by atoms with van der Waals surface area (Å²) >= 11 is 1.59. The van der Waals surface area contributed by atoms with Crippen LogP contribution in [0.15, 0.2) is 47.4 Å². The van der Waals surface area contributed by atoms with Crippen molar-refractivity contribution in [2.75, 3.05) is 5.75 Å². The zero-order chi connectivity index (χ0) is 16.9. The van der Waals surface area contributed by atoms with E-state index < -0.39 is 0 Å². The highest BCUT2D eigenvalue weighted by atomic mass is 32.2. The molecular formula is C21H25NOS. The van der Waals surface area contributed by atoms with Gasteiger partial charge in [-0.25, -0.2) is 0 Å². The summed E-state index contributed by atoms with van der Waals surface area (Å²) in [6.45, 7) is 4.14. The molecule has 0 heterocycles. The van der Waals surface area contributed by atoms with Crippen molar-refractivity contribution in [1.82, 2.24) is 5.32 Å². The molecular weight excluding hydrogens is 314 g/mol. The lowest BCUT2D eigenvalue weighted by molar-refractivity contribution is -0.119. The lowest BCUT2D eigenvalue weighted by Gasteiger charge is -2.20. The van der Waals surface area contributed by atoms with Crippen LogP contribution >= 0.6 is 11.8 Å². The predicted octanol–water partition coefficient (Wildman–Crippen LogP) is 4.84. The summed E-state index contributed by atoms with van der Waals surface area (Å²) in [5, 5.41) is 3.12. The van der Waals surface area contributed by atoms with Gasteiger partial charge in [0.2, 0.25) is 5.91 Å². The summed E-state index contributed by atoms with van der Waals surface area (Å²) in [6, 6.07) is 15.1. The number of aryl methyl sites for hydroxylation is 3. The van der Waals surface area contributed by atoms with Gasteiger partial charge in [0.05, 0.1) is 11.8 Å². The van der Waals surface area contributed by atoms with Crippen LogP contribution in [0.4, 0.5) is 0 Å². The number of thioether (sulfide) groups is 1. The number of nitrogens with one attached hydrogen (secondary N) is 1. The zero-order valence-corrected chi connectivity index (χ0v) is 15.3. The maximum Gasteiger partial charge on any atom is 0.230 e. The minimum Gasteiger partial charge on any atom is -0.349 e. The van der Waals surface area contributed by atoms with Crippen molar-refractivity contribution in [3.05, 3.63) is 64.7 Å². The topological polar surface area (TPSA) is 29.1 Å². The Morgan fingerprint density at radius 2 is 1.79 bits per heavy atom. The number of amides is 1. The van der Waals surface area contributed by atoms with Gasteiger partial charge in [-0.1, -0.05) is 35.9 Å². The Bertz CT molecular complexity index is 708. The number of rotatable bonds is 5. The molecule has 1 N–H and O–H groups in total. The van der Waals surface area contributed by atoms with Gasteiger partial charge in [0.1, 0.15) is 0 Å². The second-order valence-electron chi connectivity index (χ2n) is 6.63. The smallest absolute Gasteiger partial charge is 0.230 e. The number of carbonyl (C=O) groups is 1. The first-order valence-electron chi connectivity index (χ1n) is 8.72. The van der Waals surface area contributed by atoms with Gasteiger partial charge < -0.3 is 5.32 Å². The molecule has 3 heteroatoms. The maximum atomic E-state index is 12.2. The minimum atomic E-state index is 0.0587. The van der Waals surface area contributed by atoms with E-state index in [-0.39, 0.29) is 11.9 Å². The lowest BCUT2D eigenvalue weighted by atomic mass is 9.89. The average Bonchev–Trinajstić information content (AvgIpc) is 2.61. The fraction of sp³-hybridized carbons (Fsp3) is 0.381. The van der Waals surface area contributed by atoms with Gasteiger partial charge in [0.25, 0.3) is 0 Å². The van der Waals surface area contributed by atoms with Crippen LogP contribution in [0.25, 0.3) is 0 Å². The van der Waals surface area contributed by atoms with Crippen molar-refractivity contribution in [1.29, 1.82) is 0 Å². The fourth-order valence-corrected chi connectivity index (χ4v) is 3.88. The molecule has 0 bridgehead atoms. The van der Waals surface area contributed by atoms with Crippen LogP contribution in [-0.4, -0.2) is 11.7 Å². The lowest BCUT2D eigenvalue weighted by Crippen LogP contribution is -2.28. The van der Waals surface area contributed by atoms with E-state index in [4.69, 9.17) is 0 Å². The van der Waals surface area contributed by atoms with Gasteiger partial charge in [-0.15, -0.1) is 11.8 Å². The van der Waals surface area contributed by atoms with Gasteiger partial charge in [-0.05, 0) is 68.4 Å². The predicted molar refractivity (Wildman–Crippen MR) is 102 cm³/mol. The maximum absolute atomic E-state index is 12.2. The zero-order valence-electron chi connectivity index (χ0n) is 14.5. The molecule has 2 nitrogen and oxygen atoms in total. The number of hydrogen-bond donors (Lipinski definition) is 1. The van der Waals surface area contributed by atoms with Crippen LogP contribution < -0.4 is 5.32 Å². The average molecular weight is 340 g/mol. The van der Waals surface area contributed by atoms with Crippen LogP contribution in [0.3, 0.4) is 0 Å². The van der Waals surface area contributed by atoms with Crippen LogP contribution in [0.2, 0.25) is 0 Å². The number of carbonyl (C=O) groups excluding carboxylic acids is 1. The monoisotopic (exact) mass is 339 g/mol. The molecule has 1 aliphatic carbocycles. The molecule has 0 unspecified atom stereocenters. The van der Waals surface area contributed by atoms with Gasteiger partial charge in [-0.3, -0.25) is 4.79 Å². The van der Waals surface area contributed by atoms with Crippen molar-refractivity contribution < 1.29 is 4.79 Å². The second-order valence-corrected chi connectivity index (χ2v) is 7.67. The van der Waals surface area contributed by atoms with E-state index in [1.165, 1.54) is 47.9 Å². The van der Waals surface area contributed by atoms with E-state index in [1.54, 1.807) is 11.8 Å². The van der Waals surface area contributed by atoms with E-state index in [2.05, 4.69) is 61.6 Å². The highest BCUT2D eigenvalue weighted by molar-refractivity contribution is 8.00. The van der Waals surface area contributed by atoms with Gasteiger partial charge in [0.15, 0.2) is 0 Å². The molecule has 0 radical (unpaired) electrons. The summed E-state index contributed by atoms with van der Waals surface area (Å²) < 4.78 is 0. The van der Waals surface area contributed by atoms with Crippen molar-refractivity contribution in [2.45, 2.75) is 50.5 Å². The van der Waals surface area contributed by atoms with Crippen molar-refractivity contribution >= 4 is 17.7 Å². The highest BCUT2D eigenvalue weighted by Crippen LogP contribution is 2.25. The van der Waals surface area contributed by atoms with E-state index in [0.717, 1.165) is 4.90 Å². The van der Waals surface area contributed by atoms with Crippen LogP contribution in [0, 0.1) is 6.92 Å². The van der Waals surface area contributed by atoms with E-state index in [0.29, 0.717) is 5.75 Å². The van der Waals surface area contributed by atoms with Gasteiger partial charge >= 0.3 is 0 Å². The van der Waals surface area contributed by atoms with E-state index >= 15 is 0 Å². The number of benzene rings is 2. The fourth-order valence-electron chi connectivity index (χ4n) is 3.17. The molecule has 1 amide bonds. The molecule has 2 aromatic carbocycles. The van der Waals surface area contributed by atoms with Crippen molar-refractivity contribution in [2.24, 2.45) is 0 Å². The molecule has 2 aromatic rings.